The topological polar surface area (TPSA) is 96.0 Å². The predicted octanol–water partition coefficient (Wildman–Crippen LogP) is 3.16. The van der Waals surface area contributed by atoms with Gasteiger partial charge < -0.3 is 15.0 Å². The number of ether oxygens (including phenoxy) is 1. The zero-order valence-electron chi connectivity index (χ0n) is 19.0. The number of nitrogens with one attached hydrogen (secondary N) is 1. The maximum atomic E-state index is 13.0. The van der Waals surface area contributed by atoms with Gasteiger partial charge in [-0.05, 0) is 66.6 Å². The van der Waals surface area contributed by atoms with E-state index in [1.807, 2.05) is 24.3 Å². The average molecular weight is 492 g/mol. The summed E-state index contributed by atoms with van der Waals surface area (Å²) >= 11 is 0. The van der Waals surface area contributed by atoms with Gasteiger partial charge in [0.2, 0.25) is 10.0 Å². The first kappa shape index (κ1) is 23.2. The van der Waals surface area contributed by atoms with Crippen LogP contribution in [0.2, 0.25) is 0 Å². The number of benzene rings is 3. The van der Waals surface area contributed by atoms with E-state index in [4.69, 9.17) is 4.74 Å². The third kappa shape index (κ3) is 4.70. The van der Waals surface area contributed by atoms with Crippen molar-refractivity contribution in [1.82, 2.24) is 4.31 Å². The molecule has 35 heavy (non-hydrogen) atoms. The maximum absolute atomic E-state index is 13.0. The first-order chi connectivity index (χ1) is 16.9. The first-order valence-corrected chi connectivity index (χ1v) is 12.9. The molecule has 2 aliphatic rings. The Labute approximate surface area is 204 Å². The van der Waals surface area contributed by atoms with E-state index in [-0.39, 0.29) is 16.7 Å². The van der Waals surface area contributed by atoms with Gasteiger partial charge in [-0.25, -0.2) is 8.42 Å². The van der Waals surface area contributed by atoms with Gasteiger partial charge in [-0.2, -0.15) is 4.31 Å². The van der Waals surface area contributed by atoms with Crippen LogP contribution in [0.5, 0.6) is 0 Å². The van der Waals surface area contributed by atoms with Crippen LogP contribution < -0.4 is 10.2 Å². The zero-order valence-corrected chi connectivity index (χ0v) is 19.8. The summed E-state index contributed by atoms with van der Waals surface area (Å²) in [5, 5.41) is 2.79. The standard InChI is InChI=1S/C26H25N3O5S/c30-25(20-7-11-23(12-8-20)35(32,33)28-15-17-34-18-16-28)27-22-9-5-21(6-10-22)26(31)29-14-13-19-3-1-2-4-24(19)29/h1-12H,13-18H2,(H,27,30). The summed E-state index contributed by atoms with van der Waals surface area (Å²) < 4.78 is 32.1. The monoisotopic (exact) mass is 491 g/mol. The summed E-state index contributed by atoms with van der Waals surface area (Å²) in [5.74, 6) is -0.447. The molecule has 0 radical (unpaired) electrons. The Morgan fingerprint density at radius 1 is 0.800 bits per heavy atom. The van der Waals surface area contributed by atoms with Gasteiger partial charge in [0.1, 0.15) is 0 Å². The number of para-hydroxylation sites is 1. The van der Waals surface area contributed by atoms with Crippen LogP contribution in [-0.2, 0) is 21.2 Å². The lowest BCUT2D eigenvalue weighted by molar-refractivity contribution is 0.0730. The van der Waals surface area contributed by atoms with Crippen LogP contribution in [0.15, 0.2) is 77.7 Å². The molecule has 180 valence electrons. The molecule has 0 unspecified atom stereocenters. The molecule has 1 N–H and O–H groups in total. The second-order valence-electron chi connectivity index (χ2n) is 8.41. The van der Waals surface area contributed by atoms with Crippen LogP contribution in [0.4, 0.5) is 11.4 Å². The van der Waals surface area contributed by atoms with E-state index in [1.54, 1.807) is 29.2 Å². The highest BCUT2D eigenvalue weighted by molar-refractivity contribution is 7.89. The SMILES string of the molecule is O=C(Nc1ccc(C(=O)N2CCc3ccccc32)cc1)c1ccc(S(=O)(=O)N2CCOCC2)cc1. The van der Waals surface area contributed by atoms with Crippen LogP contribution in [0.3, 0.4) is 0 Å². The molecule has 5 rings (SSSR count). The number of fused-ring (bicyclic) bond motifs is 1. The van der Waals surface area contributed by atoms with E-state index < -0.39 is 10.0 Å². The molecule has 0 bridgehead atoms. The number of morpholine rings is 1. The van der Waals surface area contributed by atoms with Crippen LogP contribution in [-0.4, -0.2) is 57.4 Å². The molecule has 2 heterocycles. The summed E-state index contributed by atoms with van der Waals surface area (Å²) in [4.78, 5) is 27.6. The van der Waals surface area contributed by atoms with Crippen molar-refractivity contribution in [2.24, 2.45) is 0 Å². The van der Waals surface area contributed by atoms with Crippen molar-refractivity contribution in [3.63, 3.8) is 0 Å². The molecule has 0 atom stereocenters. The largest absolute Gasteiger partial charge is 0.379 e. The lowest BCUT2D eigenvalue weighted by atomic mass is 10.1. The molecule has 0 spiro atoms. The van der Waals surface area contributed by atoms with Gasteiger partial charge in [0.15, 0.2) is 0 Å². The molecule has 1 saturated heterocycles. The Hall–Kier alpha value is -3.53. The minimum absolute atomic E-state index is 0.0788. The predicted molar refractivity (Wildman–Crippen MR) is 132 cm³/mol. The van der Waals surface area contributed by atoms with Gasteiger partial charge in [0, 0.05) is 42.1 Å². The molecule has 1 fully saturated rings. The normalized spacial score (nSPS) is 16.1. The highest BCUT2D eigenvalue weighted by Gasteiger charge is 2.27. The maximum Gasteiger partial charge on any atom is 0.258 e. The Morgan fingerprint density at radius 2 is 1.46 bits per heavy atom. The van der Waals surface area contributed by atoms with Gasteiger partial charge >= 0.3 is 0 Å². The highest BCUT2D eigenvalue weighted by atomic mass is 32.2. The summed E-state index contributed by atoms with van der Waals surface area (Å²) in [6.45, 7) is 2.01. The van der Waals surface area contributed by atoms with Crippen LogP contribution in [0, 0.1) is 0 Å². The van der Waals surface area contributed by atoms with Crippen LogP contribution >= 0.6 is 0 Å². The number of hydrogen-bond acceptors (Lipinski definition) is 5. The van der Waals surface area contributed by atoms with Crippen LogP contribution in [0.25, 0.3) is 0 Å². The van der Waals surface area contributed by atoms with Crippen molar-refractivity contribution in [2.75, 3.05) is 43.1 Å². The van der Waals surface area contributed by atoms with E-state index in [0.29, 0.717) is 49.7 Å². The number of nitrogens with zero attached hydrogens (tertiary/aromatic N) is 2. The van der Waals surface area contributed by atoms with Crippen molar-refractivity contribution in [2.45, 2.75) is 11.3 Å². The van der Waals surface area contributed by atoms with Crippen molar-refractivity contribution >= 4 is 33.2 Å². The van der Waals surface area contributed by atoms with Crippen LogP contribution in [0.1, 0.15) is 26.3 Å². The Balaban J connectivity index is 1.24. The fourth-order valence-corrected chi connectivity index (χ4v) is 5.73. The smallest absolute Gasteiger partial charge is 0.258 e. The summed E-state index contributed by atoms with van der Waals surface area (Å²) in [5.41, 5.74) is 3.51. The number of carbonyl (C=O) groups excluding carboxylic acids is 2. The molecule has 0 aliphatic carbocycles. The second kappa shape index (κ2) is 9.61. The van der Waals surface area contributed by atoms with Crippen molar-refractivity contribution in [3.8, 4) is 0 Å². The van der Waals surface area contributed by atoms with Gasteiger partial charge in [-0.15, -0.1) is 0 Å². The molecule has 0 aromatic heterocycles. The molecule has 2 aliphatic heterocycles. The minimum atomic E-state index is -3.62. The van der Waals surface area contributed by atoms with E-state index in [9.17, 15) is 18.0 Å². The Morgan fingerprint density at radius 3 is 2.17 bits per heavy atom. The summed E-state index contributed by atoms with van der Waals surface area (Å²) in [6.07, 6.45) is 0.836. The van der Waals surface area contributed by atoms with E-state index in [0.717, 1.165) is 17.7 Å². The Bertz CT molecular complexity index is 1350. The van der Waals surface area contributed by atoms with Gasteiger partial charge in [-0.3, -0.25) is 9.59 Å². The molecule has 2 amide bonds. The third-order valence-corrected chi connectivity index (χ3v) is 8.16. The molecule has 9 heteroatoms. The number of rotatable bonds is 5. The lowest BCUT2D eigenvalue weighted by Gasteiger charge is -2.26. The molecular weight excluding hydrogens is 466 g/mol. The molecular formula is C26H25N3O5S. The average Bonchev–Trinajstić information content (AvgIpc) is 3.33. The van der Waals surface area contributed by atoms with Gasteiger partial charge in [0.25, 0.3) is 11.8 Å². The molecule has 0 saturated carbocycles. The fourth-order valence-electron chi connectivity index (χ4n) is 4.32. The lowest BCUT2D eigenvalue weighted by Crippen LogP contribution is -2.40. The second-order valence-corrected chi connectivity index (χ2v) is 10.3. The first-order valence-electron chi connectivity index (χ1n) is 11.4. The van der Waals surface area contributed by atoms with Crippen molar-refractivity contribution in [1.29, 1.82) is 0 Å². The third-order valence-electron chi connectivity index (χ3n) is 6.25. The number of hydrogen-bond donors (Lipinski definition) is 1. The molecule has 3 aromatic carbocycles. The summed E-state index contributed by atoms with van der Waals surface area (Å²) in [7, 11) is -3.62. The van der Waals surface area contributed by atoms with E-state index in [2.05, 4.69) is 5.32 Å². The Kier molecular flexibility index (Phi) is 6.38. The van der Waals surface area contributed by atoms with Gasteiger partial charge in [0.05, 0.1) is 18.1 Å². The number of sulfonamides is 1. The number of anilines is 2. The number of carbonyl (C=O) groups is 2. The zero-order chi connectivity index (χ0) is 24.4. The fraction of sp³-hybridized carbons (Fsp3) is 0.231. The number of amides is 2. The molecule has 8 nitrogen and oxygen atoms in total. The van der Waals surface area contributed by atoms with E-state index in [1.165, 1.54) is 28.6 Å². The molecule has 3 aromatic rings. The highest BCUT2D eigenvalue weighted by Crippen LogP contribution is 2.29. The minimum Gasteiger partial charge on any atom is -0.379 e. The van der Waals surface area contributed by atoms with Gasteiger partial charge in [-0.1, -0.05) is 18.2 Å². The quantitative estimate of drug-likeness (QED) is 0.592. The van der Waals surface area contributed by atoms with Crippen molar-refractivity contribution < 1.29 is 22.7 Å². The summed E-state index contributed by atoms with van der Waals surface area (Å²) in [6, 6.07) is 20.5. The van der Waals surface area contributed by atoms with Crippen molar-refractivity contribution in [3.05, 3.63) is 89.5 Å². The van der Waals surface area contributed by atoms with E-state index >= 15 is 0 Å².